The lowest BCUT2D eigenvalue weighted by atomic mass is 10.2. The van der Waals surface area contributed by atoms with E-state index in [2.05, 4.69) is 10.0 Å². The summed E-state index contributed by atoms with van der Waals surface area (Å²) in [7, 11) is -2.11. The minimum absolute atomic E-state index is 0.00343. The van der Waals surface area contributed by atoms with Crippen LogP contribution in [0.25, 0.3) is 0 Å². The van der Waals surface area contributed by atoms with Crippen molar-refractivity contribution < 1.29 is 22.7 Å². The summed E-state index contributed by atoms with van der Waals surface area (Å²) in [4.78, 5) is 12.4. The minimum Gasteiger partial charge on any atom is -0.493 e. The topological polar surface area (TPSA) is 93.7 Å². The zero-order valence-electron chi connectivity index (χ0n) is 18.2. The number of hydrogen-bond acceptors (Lipinski definition) is 5. The van der Waals surface area contributed by atoms with Crippen molar-refractivity contribution in [1.82, 2.24) is 4.72 Å². The van der Waals surface area contributed by atoms with Gasteiger partial charge in [0, 0.05) is 18.7 Å². The molecule has 0 heterocycles. The zero-order valence-corrected chi connectivity index (χ0v) is 19.0. The van der Waals surface area contributed by atoms with Crippen molar-refractivity contribution in [2.75, 3.05) is 19.0 Å². The maximum absolute atomic E-state index is 12.5. The maximum atomic E-state index is 12.5. The molecule has 0 fully saturated rings. The number of ether oxygens (including phenoxy) is 2. The molecular formula is C24H26N2O5S. The first-order chi connectivity index (χ1) is 15.3. The van der Waals surface area contributed by atoms with Gasteiger partial charge in [0.05, 0.1) is 12.0 Å². The van der Waals surface area contributed by atoms with Crippen LogP contribution in [0.15, 0.2) is 71.6 Å². The van der Waals surface area contributed by atoms with Gasteiger partial charge in [-0.05, 0) is 67.4 Å². The second kappa shape index (κ2) is 10.3. The Hall–Kier alpha value is -3.36. The Morgan fingerprint density at radius 1 is 0.938 bits per heavy atom. The Balaban J connectivity index is 1.52. The van der Waals surface area contributed by atoms with E-state index in [1.165, 1.54) is 0 Å². The highest BCUT2D eigenvalue weighted by molar-refractivity contribution is 7.89. The number of rotatable bonds is 9. The lowest BCUT2D eigenvalue weighted by Crippen LogP contribution is -2.28. The van der Waals surface area contributed by atoms with E-state index in [1.807, 2.05) is 25.1 Å². The average Bonchev–Trinajstić information content (AvgIpc) is 2.77. The Labute approximate surface area is 188 Å². The number of aryl methyl sites for hydroxylation is 2. The third kappa shape index (κ3) is 6.09. The molecule has 8 heteroatoms. The van der Waals surface area contributed by atoms with Gasteiger partial charge in [-0.1, -0.05) is 24.3 Å². The number of benzene rings is 3. The van der Waals surface area contributed by atoms with Crippen LogP contribution in [0, 0.1) is 13.8 Å². The van der Waals surface area contributed by atoms with Gasteiger partial charge in [-0.15, -0.1) is 0 Å². The van der Waals surface area contributed by atoms with Crippen molar-refractivity contribution in [1.29, 1.82) is 0 Å². The zero-order chi connectivity index (χ0) is 23.1. The van der Waals surface area contributed by atoms with Gasteiger partial charge < -0.3 is 14.8 Å². The molecule has 32 heavy (non-hydrogen) atoms. The molecule has 2 N–H and O–H groups in total. The van der Waals surface area contributed by atoms with Crippen LogP contribution in [0.1, 0.15) is 17.5 Å². The lowest BCUT2D eigenvalue weighted by Gasteiger charge is -2.11. The van der Waals surface area contributed by atoms with Crippen molar-refractivity contribution in [3.8, 4) is 17.2 Å². The summed E-state index contributed by atoms with van der Waals surface area (Å²) >= 11 is 0. The monoisotopic (exact) mass is 454 g/mol. The Morgan fingerprint density at radius 3 is 2.31 bits per heavy atom. The molecule has 0 aromatic heterocycles. The number of hydrogen-bond donors (Lipinski definition) is 2. The van der Waals surface area contributed by atoms with Gasteiger partial charge in [-0.25, -0.2) is 13.1 Å². The van der Waals surface area contributed by atoms with Crippen LogP contribution >= 0.6 is 0 Å². The van der Waals surface area contributed by atoms with E-state index in [0.717, 1.165) is 5.56 Å². The molecule has 1 amide bonds. The van der Waals surface area contributed by atoms with Crippen LogP contribution in [0.4, 0.5) is 5.69 Å². The van der Waals surface area contributed by atoms with Gasteiger partial charge in [0.2, 0.25) is 15.9 Å². The molecule has 0 aliphatic carbocycles. The lowest BCUT2D eigenvalue weighted by molar-refractivity contribution is -0.116. The molecule has 168 valence electrons. The number of nitrogens with one attached hydrogen (secondary N) is 2. The Kier molecular flexibility index (Phi) is 7.50. The molecule has 7 nitrogen and oxygen atoms in total. The summed E-state index contributed by atoms with van der Waals surface area (Å²) < 4.78 is 38.6. The fourth-order valence-corrected chi connectivity index (χ4v) is 4.39. The first kappa shape index (κ1) is 23.3. The molecule has 0 bridgehead atoms. The molecule has 0 atom stereocenters. The van der Waals surface area contributed by atoms with Crippen LogP contribution < -0.4 is 19.5 Å². The van der Waals surface area contributed by atoms with Gasteiger partial charge in [0.25, 0.3) is 0 Å². The van der Waals surface area contributed by atoms with E-state index in [9.17, 15) is 13.2 Å². The van der Waals surface area contributed by atoms with E-state index < -0.39 is 10.0 Å². The van der Waals surface area contributed by atoms with Gasteiger partial charge in [0.1, 0.15) is 5.75 Å². The highest BCUT2D eigenvalue weighted by atomic mass is 32.2. The molecule has 0 aliphatic heterocycles. The number of para-hydroxylation sites is 2. The highest BCUT2D eigenvalue weighted by Crippen LogP contribution is 2.31. The second-order valence-corrected chi connectivity index (χ2v) is 8.98. The summed E-state index contributed by atoms with van der Waals surface area (Å²) in [6.45, 7) is 3.57. The maximum Gasteiger partial charge on any atom is 0.240 e. The largest absolute Gasteiger partial charge is 0.493 e. The summed E-state index contributed by atoms with van der Waals surface area (Å²) in [6, 6.07) is 19.4. The number of amides is 1. The van der Waals surface area contributed by atoms with Gasteiger partial charge in [-0.2, -0.15) is 0 Å². The number of methoxy groups -OCH3 is 1. The SMILES string of the molecule is COc1ccccc1Oc1ccc(NC(=O)CCNS(=O)(=O)c2cc(C)ccc2C)cc1. The van der Waals surface area contributed by atoms with E-state index in [0.29, 0.717) is 28.5 Å². The Morgan fingerprint density at radius 2 is 1.62 bits per heavy atom. The van der Waals surface area contributed by atoms with Gasteiger partial charge in [0.15, 0.2) is 11.5 Å². The van der Waals surface area contributed by atoms with Crippen LogP contribution in [-0.2, 0) is 14.8 Å². The molecule has 0 radical (unpaired) electrons. The fourth-order valence-electron chi connectivity index (χ4n) is 3.03. The molecule has 0 spiro atoms. The third-order valence-electron chi connectivity index (χ3n) is 4.71. The summed E-state index contributed by atoms with van der Waals surface area (Å²) in [5, 5.41) is 2.75. The van der Waals surface area contributed by atoms with E-state index in [-0.39, 0.29) is 23.8 Å². The number of carbonyl (C=O) groups is 1. The molecule has 3 aromatic rings. The number of sulfonamides is 1. The standard InChI is InChI=1S/C24H26N2O5S/c1-17-8-9-18(2)23(16-17)32(28,29)25-15-14-24(27)26-19-10-12-20(13-11-19)31-22-7-5-4-6-21(22)30-3/h4-13,16,25H,14-15H2,1-3H3,(H,26,27). The van der Waals surface area contributed by atoms with Crippen LogP contribution in [0.3, 0.4) is 0 Å². The molecule has 0 aliphatic rings. The minimum atomic E-state index is -3.68. The average molecular weight is 455 g/mol. The molecule has 0 saturated heterocycles. The first-order valence-electron chi connectivity index (χ1n) is 10.1. The molecule has 0 unspecified atom stereocenters. The molecular weight excluding hydrogens is 428 g/mol. The van der Waals surface area contributed by atoms with Crippen molar-refractivity contribution in [3.63, 3.8) is 0 Å². The first-order valence-corrected chi connectivity index (χ1v) is 11.5. The van der Waals surface area contributed by atoms with Crippen molar-refractivity contribution in [3.05, 3.63) is 77.9 Å². The predicted molar refractivity (Wildman–Crippen MR) is 124 cm³/mol. The quantitative estimate of drug-likeness (QED) is 0.499. The van der Waals surface area contributed by atoms with Crippen LogP contribution in [-0.4, -0.2) is 28.0 Å². The summed E-state index contributed by atoms with van der Waals surface area (Å²) in [5.74, 6) is 1.50. The van der Waals surface area contributed by atoms with E-state index >= 15 is 0 Å². The van der Waals surface area contributed by atoms with E-state index in [4.69, 9.17) is 9.47 Å². The highest BCUT2D eigenvalue weighted by Gasteiger charge is 2.17. The normalized spacial score (nSPS) is 11.1. The van der Waals surface area contributed by atoms with Crippen molar-refractivity contribution in [2.45, 2.75) is 25.2 Å². The summed E-state index contributed by atoms with van der Waals surface area (Å²) in [5.41, 5.74) is 2.09. The fraction of sp³-hybridized carbons (Fsp3) is 0.208. The van der Waals surface area contributed by atoms with Crippen molar-refractivity contribution in [2.24, 2.45) is 0 Å². The molecule has 0 saturated carbocycles. The molecule has 3 aromatic carbocycles. The van der Waals surface area contributed by atoms with Crippen LogP contribution in [0.5, 0.6) is 17.2 Å². The van der Waals surface area contributed by atoms with Crippen LogP contribution in [0.2, 0.25) is 0 Å². The second-order valence-electron chi connectivity index (χ2n) is 7.24. The van der Waals surface area contributed by atoms with Crippen molar-refractivity contribution >= 4 is 21.6 Å². The summed E-state index contributed by atoms with van der Waals surface area (Å²) in [6.07, 6.45) is 0.00353. The Bertz CT molecular complexity index is 1190. The predicted octanol–water partition coefficient (Wildman–Crippen LogP) is 4.41. The van der Waals surface area contributed by atoms with E-state index in [1.54, 1.807) is 62.6 Å². The third-order valence-corrected chi connectivity index (χ3v) is 6.32. The van der Waals surface area contributed by atoms with Gasteiger partial charge in [-0.3, -0.25) is 4.79 Å². The van der Waals surface area contributed by atoms with Gasteiger partial charge >= 0.3 is 0 Å². The smallest absolute Gasteiger partial charge is 0.240 e. The number of carbonyl (C=O) groups excluding carboxylic acids is 1. The molecule has 3 rings (SSSR count). The number of anilines is 1.